The van der Waals surface area contributed by atoms with Gasteiger partial charge in [-0.05, 0) is 18.6 Å². The van der Waals surface area contributed by atoms with Crippen molar-refractivity contribution in [2.75, 3.05) is 0 Å². The molecule has 0 fully saturated rings. The first-order valence-corrected chi connectivity index (χ1v) is 6.74. The Balaban J connectivity index is 2.52. The molecule has 0 radical (unpaired) electrons. The van der Waals surface area contributed by atoms with Crippen LogP contribution in [0.25, 0.3) is 5.69 Å². The topological polar surface area (TPSA) is 17.8 Å². The molecule has 2 aromatic rings. The first-order valence-electron chi connectivity index (χ1n) is 5.24. The molecule has 0 aliphatic heterocycles. The maximum atomic E-state index is 13.4. The highest BCUT2D eigenvalue weighted by molar-refractivity contribution is 9.08. The minimum atomic E-state index is -0.429. The van der Waals surface area contributed by atoms with Crippen LogP contribution in [0.5, 0.6) is 0 Å². The zero-order valence-corrected chi connectivity index (χ0v) is 11.6. The van der Waals surface area contributed by atoms with Crippen LogP contribution in [0.1, 0.15) is 18.2 Å². The van der Waals surface area contributed by atoms with Gasteiger partial charge in [0, 0.05) is 22.7 Å². The quantitative estimate of drug-likeness (QED) is 0.779. The molecule has 2 rings (SSSR count). The third kappa shape index (κ3) is 2.38. The molecule has 0 atom stereocenters. The minimum Gasteiger partial charge on any atom is -0.237 e. The number of hydrogen-bond donors (Lipinski definition) is 0. The first kappa shape index (κ1) is 12.6. The standard InChI is InChI=1S/C12H11BrClFN2/c1-2-12-8(6-13)7-16-17(12)9-3-4-10(14)11(15)5-9/h3-5,7H,2,6H2,1H3. The Hall–Kier alpha value is -0.870. The Labute approximate surface area is 113 Å². The molecule has 0 aliphatic carbocycles. The number of halogens is 3. The lowest BCUT2D eigenvalue weighted by molar-refractivity contribution is 0.625. The first-order chi connectivity index (χ1) is 8.17. The van der Waals surface area contributed by atoms with Crippen molar-refractivity contribution >= 4 is 27.5 Å². The predicted molar refractivity (Wildman–Crippen MR) is 70.5 cm³/mol. The van der Waals surface area contributed by atoms with Crippen molar-refractivity contribution in [2.24, 2.45) is 0 Å². The summed E-state index contributed by atoms with van der Waals surface area (Å²) in [4.78, 5) is 0. The number of benzene rings is 1. The zero-order valence-electron chi connectivity index (χ0n) is 9.25. The molecular formula is C12H11BrClFN2. The van der Waals surface area contributed by atoms with Crippen LogP contribution in [0.2, 0.25) is 5.02 Å². The molecule has 17 heavy (non-hydrogen) atoms. The summed E-state index contributed by atoms with van der Waals surface area (Å²) >= 11 is 9.07. The smallest absolute Gasteiger partial charge is 0.143 e. The molecule has 5 heteroatoms. The molecule has 0 unspecified atom stereocenters. The number of alkyl halides is 1. The SMILES string of the molecule is CCc1c(CBr)cnn1-c1ccc(Cl)c(F)c1. The van der Waals surface area contributed by atoms with E-state index in [4.69, 9.17) is 11.6 Å². The maximum Gasteiger partial charge on any atom is 0.143 e. The second-order valence-corrected chi connectivity index (χ2v) is 4.58. The monoisotopic (exact) mass is 316 g/mol. The van der Waals surface area contributed by atoms with Gasteiger partial charge in [-0.3, -0.25) is 0 Å². The summed E-state index contributed by atoms with van der Waals surface area (Å²) < 4.78 is 15.2. The molecular weight excluding hydrogens is 307 g/mol. The van der Waals surface area contributed by atoms with Gasteiger partial charge in [-0.1, -0.05) is 34.5 Å². The largest absolute Gasteiger partial charge is 0.237 e. The van der Waals surface area contributed by atoms with E-state index in [0.717, 1.165) is 23.0 Å². The Morgan fingerprint density at radius 1 is 1.47 bits per heavy atom. The van der Waals surface area contributed by atoms with Gasteiger partial charge in [0.15, 0.2) is 0 Å². The van der Waals surface area contributed by atoms with Crippen molar-refractivity contribution in [1.29, 1.82) is 0 Å². The summed E-state index contributed by atoms with van der Waals surface area (Å²) in [6.45, 7) is 2.05. The zero-order chi connectivity index (χ0) is 12.4. The van der Waals surface area contributed by atoms with Crippen molar-refractivity contribution in [3.05, 3.63) is 46.5 Å². The van der Waals surface area contributed by atoms with E-state index in [0.29, 0.717) is 5.69 Å². The molecule has 2 nitrogen and oxygen atoms in total. The number of hydrogen-bond acceptors (Lipinski definition) is 1. The molecule has 1 aromatic carbocycles. The van der Waals surface area contributed by atoms with Gasteiger partial charge in [-0.15, -0.1) is 0 Å². The van der Waals surface area contributed by atoms with E-state index in [2.05, 4.69) is 21.0 Å². The molecule has 0 N–H and O–H groups in total. The maximum absolute atomic E-state index is 13.4. The highest BCUT2D eigenvalue weighted by atomic mass is 79.9. The summed E-state index contributed by atoms with van der Waals surface area (Å²) in [6, 6.07) is 4.70. The third-order valence-electron chi connectivity index (χ3n) is 2.58. The van der Waals surface area contributed by atoms with E-state index >= 15 is 0 Å². The van der Waals surface area contributed by atoms with Crippen molar-refractivity contribution in [3.8, 4) is 5.69 Å². The summed E-state index contributed by atoms with van der Waals surface area (Å²) in [5.41, 5.74) is 2.88. The molecule has 1 heterocycles. The van der Waals surface area contributed by atoms with Gasteiger partial charge in [0.1, 0.15) is 5.82 Å². The predicted octanol–water partition coefficient (Wildman–Crippen LogP) is 4.12. The van der Waals surface area contributed by atoms with E-state index in [1.807, 2.05) is 6.92 Å². The highest BCUT2D eigenvalue weighted by Crippen LogP contribution is 2.21. The molecule has 0 saturated carbocycles. The van der Waals surface area contributed by atoms with E-state index in [1.165, 1.54) is 6.07 Å². The summed E-state index contributed by atoms with van der Waals surface area (Å²) in [7, 11) is 0. The van der Waals surface area contributed by atoms with Gasteiger partial charge in [0.25, 0.3) is 0 Å². The van der Waals surface area contributed by atoms with Gasteiger partial charge in [-0.25, -0.2) is 9.07 Å². The Morgan fingerprint density at radius 3 is 2.82 bits per heavy atom. The number of aromatic nitrogens is 2. The van der Waals surface area contributed by atoms with Crippen molar-refractivity contribution < 1.29 is 4.39 Å². The second kappa shape index (κ2) is 5.19. The van der Waals surface area contributed by atoms with Crippen LogP contribution in [-0.2, 0) is 11.8 Å². The summed E-state index contributed by atoms with van der Waals surface area (Å²) in [5, 5.41) is 5.14. The molecule has 90 valence electrons. The molecule has 0 aliphatic rings. The van der Waals surface area contributed by atoms with Crippen LogP contribution >= 0.6 is 27.5 Å². The fraction of sp³-hybridized carbons (Fsp3) is 0.250. The Morgan fingerprint density at radius 2 is 2.24 bits per heavy atom. The lowest BCUT2D eigenvalue weighted by atomic mass is 10.2. The summed E-state index contributed by atoms with van der Waals surface area (Å²) in [5.74, 6) is -0.429. The van der Waals surface area contributed by atoms with E-state index in [-0.39, 0.29) is 5.02 Å². The number of rotatable bonds is 3. The summed E-state index contributed by atoms with van der Waals surface area (Å²) in [6.07, 6.45) is 2.63. The average Bonchev–Trinajstić information content (AvgIpc) is 2.75. The van der Waals surface area contributed by atoms with Crippen LogP contribution < -0.4 is 0 Å². The third-order valence-corrected chi connectivity index (χ3v) is 3.49. The highest BCUT2D eigenvalue weighted by Gasteiger charge is 2.11. The van der Waals surface area contributed by atoms with E-state index in [9.17, 15) is 4.39 Å². The van der Waals surface area contributed by atoms with Crippen molar-refractivity contribution in [2.45, 2.75) is 18.7 Å². The van der Waals surface area contributed by atoms with Crippen LogP contribution in [0.3, 0.4) is 0 Å². The van der Waals surface area contributed by atoms with Crippen molar-refractivity contribution in [1.82, 2.24) is 9.78 Å². The van der Waals surface area contributed by atoms with Crippen LogP contribution in [0.15, 0.2) is 24.4 Å². The van der Waals surface area contributed by atoms with Crippen LogP contribution in [0.4, 0.5) is 4.39 Å². The van der Waals surface area contributed by atoms with E-state index in [1.54, 1.807) is 23.0 Å². The molecule has 0 bridgehead atoms. The van der Waals surface area contributed by atoms with Crippen LogP contribution in [0, 0.1) is 5.82 Å². The van der Waals surface area contributed by atoms with Gasteiger partial charge in [-0.2, -0.15) is 5.10 Å². The van der Waals surface area contributed by atoms with Crippen molar-refractivity contribution in [3.63, 3.8) is 0 Å². The normalized spacial score (nSPS) is 10.8. The lowest BCUT2D eigenvalue weighted by Gasteiger charge is -2.07. The average molecular weight is 318 g/mol. The minimum absolute atomic E-state index is 0.125. The fourth-order valence-electron chi connectivity index (χ4n) is 1.74. The molecule has 1 aromatic heterocycles. The van der Waals surface area contributed by atoms with Gasteiger partial charge < -0.3 is 0 Å². The fourth-order valence-corrected chi connectivity index (χ4v) is 2.32. The van der Waals surface area contributed by atoms with Gasteiger partial charge >= 0.3 is 0 Å². The van der Waals surface area contributed by atoms with Gasteiger partial charge in [0.05, 0.1) is 16.9 Å². The second-order valence-electron chi connectivity index (χ2n) is 3.61. The molecule has 0 saturated heterocycles. The molecule has 0 amide bonds. The van der Waals surface area contributed by atoms with E-state index < -0.39 is 5.82 Å². The van der Waals surface area contributed by atoms with Gasteiger partial charge in [0.2, 0.25) is 0 Å². The Bertz CT molecular complexity index is 539. The lowest BCUT2D eigenvalue weighted by Crippen LogP contribution is -2.02. The molecule has 0 spiro atoms. The Kier molecular flexibility index (Phi) is 3.84. The van der Waals surface area contributed by atoms with Crippen LogP contribution in [-0.4, -0.2) is 9.78 Å². The number of nitrogens with zero attached hydrogens (tertiary/aromatic N) is 2.